The van der Waals surface area contributed by atoms with Crippen molar-refractivity contribution in [2.24, 2.45) is 0 Å². The number of thiazole rings is 1. The highest BCUT2D eigenvalue weighted by atomic mass is 35.5. The Morgan fingerprint density at radius 1 is 0.941 bits per heavy atom. The van der Waals surface area contributed by atoms with Crippen LogP contribution in [-0.2, 0) is 6.42 Å². The number of nitrogens with zero attached hydrogens (tertiary/aromatic N) is 1. The maximum atomic E-state index is 13.5. The van der Waals surface area contributed by atoms with E-state index in [1.54, 1.807) is 42.7 Å². The van der Waals surface area contributed by atoms with Crippen molar-refractivity contribution in [3.8, 4) is 28.1 Å². The van der Waals surface area contributed by atoms with Crippen molar-refractivity contribution in [2.75, 3.05) is 7.11 Å². The molecule has 1 heterocycles. The normalized spacial score (nSPS) is 11.0. The number of carbonyl (C=O) groups is 1. The van der Waals surface area contributed by atoms with E-state index in [1.807, 2.05) is 55.5 Å². The van der Waals surface area contributed by atoms with Crippen LogP contribution in [-0.4, -0.2) is 17.9 Å². The molecular weight excluding hydrogens is 462 g/mol. The van der Waals surface area contributed by atoms with Crippen LogP contribution < -0.4 is 4.74 Å². The molecule has 34 heavy (non-hydrogen) atoms. The molecule has 0 radical (unpaired) electrons. The third kappa shape index (κ3) is 4.23. The second kappa shape index (κ2) is 9.41. The molecule has 0 spiro atoms. The van der Waals surface area contributed by atoms with Crippen molar-refractivity contribution in [3.05, 3.63) is 117 Å². The van der Waals surface area contributed by atoms with E-state index in [0.717, 1.165) is 49.8 Å². The molecule has 0 fully saturated rings. The third-order valence-corrected chi connectivity index (χ3v) is 7.16. The van der Waals surface area contributed by atoms with Crippen LogP contribution >= 0.6 is 22.9 Å². The van der Waals surface area contributed by atoms with Gasteiger partial charge in [0.25, 0.3) is 0 Å². The zero-order valence-corrected chi connectivity index (χ0v) is 20.4. The number of aromatic nitrogens is 1. The minimum Gasteiger partial charge on any atom is -0.497 e. The summed E-state index contributed by atoms with van der Waals surface area (Å²) in [5.74, 6) is 0.832. The number of hydrogen-bond donors (Lipinski definition) is 0. The first-order chi connectivity index (χ1) is 16.5. The summed E-state index contributed by atoms with van der Waals surface area (Å²) in [6.45, 7) is 2.04. The molecule has 5 rings (SSSR count). The average Bonchev–Trinajstić information content (AvgIpc) is 3.33. The van der Waals surface area contributed by atoms with Crippen LogP contribution in [0.5, 0.6) is 5.75 Å². The Balaban J connectivity index is 1.53. The predicted octanol–water partition coefficient (Wildman–Crippen LogP) is 7.71. The van der Waals surface area contributed by atoms with Gasteiger partial charge in [0.15, 0.2) is 5.78 Å². The molecule has 3 aromatic rings. The Bertz CT molecular complexity index is 1440. The van der Waals surface area contributed by atoms with E-state index in [2.05, 4.69) is 11.4 Å². The van der Waals surface area contributed by atoms with Crippen LogP contribution in [0.25, 0.3) is 22.4 Å². The molecule has 0 saturated carbocycles. The van der Waals surface area contributed by atoms with E-state index < -0.39 is 0 Å². The number of rotatable bonds is 6. The summed E-state index contributed by atoms with van der Waals surface area (Å²) in [6.07, 6.45) is 0.668. The molecule has 0 aliphatic heterocycles. The van der Waals surface area contributed by atoms with Crippen LogP contribution in [0, 0.1) is 6.92 Å². The van der Waals surface area contributed by atoms with Crippen molar-refractivity contribution in [1.82, 2.24) is 4.98 Å². The number of carbonyl (C=O) groups excluding carboxylic acids is 1. The van der Waals surface area contributed by atoms with Gasteiger partial charge in [-0.1, -0.05) is 41.9 Å². The zero-order chi connectivity index (χ0) is 23.7. The van der Waals surface area contributed by atoms with Gasteiger partial charge in [0.1, 0.15) is 5.75 Å². The van der Waals surface area contributed by atoms with Gasteiger partial charge >= 0.3 is 0 Å². The maximum absolute atomic E-state index is 13.5. The standard InChI is InChI=1S/C29H22ClNO2S/c1-18-25(16-27-31-26(17-34-27)19-10-14-22(33-2)15-11-19)23-6-4-3-5-7-24(23)28(18)29(32)20-8-12-21(30)13-9-20/h3-15,17H,16H2,1-2H3. The number of benzene rings is 2. The first-order valence-electron chi connectivity index (χ1n) is 10.9. The molecule has 0 bridgehead atoms. The lowest BCUT2D eigenvalue weighted by Gasteiger charge is -2.04. The second-order valence-electron chi connectivity index (χ2n) is 8.08. The van der Waals surface area contributed by atoms with Crippen molar-refractivity contribution < 1.29 is 9.53 Å². The fourth-order valence-corrected chi connectivity index (χ4v) is 5.23. The molecule has 2 aliphatic rings. The van der Waals surface area contributed by atoms with Gasteiger partial charge in [0.05, 0.1) is 17.8 Å². The smallest absolute Gasteiger partial charge is 0.193 e. The number of halogens is 1. The van der Waals surface area contributed by atoms with Crippen LogP contribution in [0.15, 0.2) is 84.2 Å². The van der Waals surface area contributed by atoms with Gasteiger partial charge in [-0.25, -0.2) is 4.98 Å². The quantitative estimate of drug-likeness (QED) is 0.232. The Morgan fingerprint density at radius 2 is 1.65 bits per heavy atom. The van der Waals surface area contributed by atoms with Gasteiger partial charge < -0.3 is 4.74 Å². The van der Waals surface area contributed by atoms with Gasteiger partial charge in [-0.3, -0.25) is 4.79 Å². The van der Waals surface area contributed by atoms with Crippen molar-refractivity contribution in [2.45, 2.75) is 13.3 Å². The first kappa shape index (κ1) is 22.3. The van der Waals surface area contributed by atoms with Crippen molar-refractivity contribution >= 4 is 28.7 Å². The van der Waals surface area contributed by atoms with Crippen LogP contribution in [0.1, 0.15) is 32.1 Å². The lowest BCUT2D eigenvalue weighted by atomic mass is 9.99. The highest BCUT2D eigenvalue weighted by molar-refractivity contribution is 7.10. The molecule has 0 N–H and O–H groups in total. The van der Waals surface area contributed by atoms with E-state index in [0.29, 0.717) is 17.0 Å². The van der Waals surface area contributed by atoms with Crippen LogP contribution in [0.2, 0.25) is 5.02 Å². The van der Waals surface area contributed by atoms with E-state index in [1.165, 1.54) is 0 Å². The van der Waals surface area contributed by atoms with Crippen LogP contribution in [0.3, 0.4) is 0 Å². The van der Waals surface area contributed by atoms with Crippen molar-refractivity contribution in [1.29, 1.82) is 0 Å². The molecule has 1 aromatic heterocycles. The number of hydrogen-bond acceptors (Lipinski definition) is 4. The Kier molecular flexibility index (Phi) is 6.18. The Hall–Kier alpha value is -3.47. The summed E-state index contributed by atoms with van der Waals surface area (Å²) < 4.78 is 5.26. The summed E-state index contributed by atoms with van der Waals surface area (Å²) in [6, 6.07) is 25.1. The van der Waals surface area contributed by atoms with Gasteiger partial charge in [0, 0.05) is 33.5 Å². The van der Waals surface area contributed by atoms with Crippen molar-refractivity contribution in [3.63, 3.8) is 0 Å². The highest BCUT2D eigenvalue weighted by Crippen LogP contribution is 2.39. The largest absolute Gasteiger partial charge is 0.497 e. The number of ether oxygens (including phenoxy) is 1. The van der Waals surface area contributed by atoms with Crippen LogP contribution in [0.4, 0.5) is 0 Å². The van der Waals surface area contributed by atoms with Gasteiger partial charge in [0.2, 0.25) is 0 Å². The Labute approximate surface area is 208 Å². The molecule has 0 saturated heterocycles. The summed E-state index contributed by atoms with van der Waals surface area (Å²) in [5, 5.41) is 3.71. The molecule has 2 aromatic carbocycles. The molecule has 168 valence electrons. The van der Waals surface area contributed by atoms with E-state index in [4.69, 9.17) is 21.3 Å². The Morgan fingerprint density at radius 3 is 2.35 bits per heavy atom. The lowest BCUT2D eigenvalue weighted by Crippen LogP contribution is -2.03. The maximum Gasteiger partial charge on any atom is 0.193 e. The number of methoxy groups -OCH3 is 1. The molecule has 0 atom stereocenters. The molecule has 2 aliphatic carbocycles. The topological polar surface area (TPSA) is 39.2 Å². The molecular formula is C29H22ClNO2S. The van der Waals surface area contributed by atoms with E-state index in [-0.39, 0.29) is 5.78 Å². The molecule has 0 unspecified atom stereocenters. The molecule has 3 nitrogen and oxygen atoms in total. The number of fused-ring (bicyclic) bond motifs is 1. The number of ketones is 1. The zero-order valence-electron chi connectivity index (χ0n) is 18.8. The minimum atomic E-state index is 0.00896. The average molecular weight is 484 g/mol. The SMILES string of the molecule is COc1ccc(-c2csc(Cc3c4cccccc-4c(C(=O)c4ccc(Cl)cc4)c3C)n2)cc1. The van der Waals surface area contributed by atoms with E-state index in [9.17, 15) is 4.79 Å². The lowest BCUT2D eigenvalue weighted by molar-refractivity contribution is 0.103. The van der Waals surface area contributed by atoms with Gasteiger partial charge in [-0.15, -0.1) is 11.3 Å². The highest BCUT2D eigenvalue weighted by Gasteiger charge is 2.25. The first-order valence-corrected chi connectivity index (χ1v) is 12.2. The van der Waals surface area contributed by atoms with Gasteiger partial charge in [-0.05, 0) is 77.7 Å². The predicted molar refractivity (Wildman–Crippen MR) is 140 cm³/mol. The second-order valence-corrected chi connectivity index (χ2v) is 9.46. The minimum absolute atomic E-state index is 0.00896. The summed E-state index contributed by atoms with van der Waals surface area (Å²) in [7, 11) is 1.66. The fraction of sp³-hybridized carbons (Fsp3) is 0.103. The molecule has 5 heteroatoms. The van der Waals surface area contributed by atoms with E-state index >= 15 is 0 Å². The summed E-state index contributed by atoms with van der Waals surface area (Å²) in [5.41, 5.74) is 7.56. The monoisotopic (exact) mass is 483 g/mol. The van der Waals surface area contributed by atoms with Gasteiger partial charge in [-0.2, -0.15) is 0 Å². The summed E-state index contributed by atoms with van der Waals surface area (Å²) >= 11 is 7.68. The molecule has 0 amide bonds. The fourth-order valence-electron chi connectivity index (χ4n) is 4.29. The summed E-state index contributed by atoms with van der Waals surface area (Å²) in [4.78, 5) is 18.4. The third-order valence-electron chi connectivity index (χ3n) is 6.06.